The molecule has 0 saturated heterocycles. The summed E-state index contributed by atoms with van der Waals surface area (Å²) in [5.41, 5.74) is 1.04. The van der Waals surface area contributed by atoms with Crippen LogP contribution in [-0.4, -0.2) is 48.4 Å². The topological polar surface area (TPSA) is 63.0 Å². The van der Waals surface area contributed by atoms with E-state index in [9.17, 15) is 9.59 Å². The first-order valence-electron chi connectivity index (χ1n) is 11.7. The first-order chi connectivity index (χ1) is 15.6. The number of hydrogen-bond acceptors (Lipinski definition) is 4. The number of unbranched alkanes of at least 4 members (excludes halogenated alkanes) is 5. The van der Waals surface area contributed by atoms with E-state index in [1.165, 1.54) is 19.3 Å². The molecule has 0 bridgehead atoms. The average Bonchev–Trinajstić information content (AvgIpc) is 3.32. The summed E-state index contributed by atoms with van der Waals surface area (Å²) in [7, 11) is 1.61. The molecule has 176 valence electrons. The van der Waals surface area contributed by atoms with Crippen molar-refractivity contribution in [3.63, 3.8) is 0 Å². The summed E-state index contributed by atoms with van der Waals surface area (Å²) in [4.78, 5) is 29.5. The third-order valence-electron chi connectivity index (χ3n) is 5.48. The van der Waals surface area contributed by atoms with Crippen molar-refractivity contribution in [3.8, 4) is 0 Å². The number of hydrogen-bond donors (Lipinski definition) is 0. The van der Waals surface area contributed by atoms with Crippen LogP contribution in [0.4, 0.5) is 0 Å². The predicted octanol–water partition coefficient (Wildman–Crippen LogP) is 5.03. The Morgan fingerprint density at radius 1 is 0.875 bits per heavy atom. The van der Waals surface area contributed by atoms with Gasteiger partial charge in [0.05, 0.1) is 26.0 Å². The van der Waals surface area contributed by atoms with Crippen LogP contribution in [0.2, 0.25) is 0 Å². The van der Waals surface area contributed by atoms with Crippen LogP contribution in [0.1, 0.15) is 63.2 Å². The highest BCUT2D eigenvalue weighted by atomic mass is 16.5. The van der Waals surface area contributed by atoms with Crippen LogP contribution in [0.3, 0.4) is 0 Å². The summed E-state index contributed by atoms with van der Waals surface area (Å²) >= 11 is 0. The molecule has 2 rings (SSSR count). The van der Waals surface area contributed by atoms with Crippen LogP contribution in [0.15, 0.2) is 53.1 Å². The van der Waals surface area contributed by atoms with E-state index in [0.29, 0.717) is 32.7 Å². The molecule has 2 amide bonds. The molecule has 1 heterocycles. The second-order valence-electron chi connectivity index (χ2n) is 8.14. The normalized spacial score (nSPS) is 10.8. The van der Waals surface area contributed by atoms with E-state index in [-0.39, 0.29) is 18.4 Å². The molecule has 2 aromatic rings. The van der Waals surface area contributed by atoms with Gasteiger partial charge in [0.1, 0.15) is 5.76 Å². The zero-order valence-corrected chi connectivity index (χ0v) is 19.6. The minimum absolute atomic E-state index is 0.0172. The van der Waals surface area contributed by atoms with Crippen molar-refractivity contribution in [1.29, 1.82) is 0 Å². The SMILES string of the molecule is CCCCCCCCC(=O)N(CCOC)CC(=O)N(Cc1ccccc1)Cc1ccco1. The molecule has 32 heavy (non-hydrogen) atoms. The van der Waals surface area contributed by atoms with Gasteiger partial charge in [-0.05, 0) is 24.1 Å². The van der Waals surface area contributed by atoms with Crippen molar-refractivity contribution in [2.45, 2.75) is 65.0 Å². The summed E-state index contributed by atoms with van der Waals surface area (Å²) in [5.74, 6) is 0.636. The standard InChI is InChI=1S/C26H38N2O4/c1-3-4-5-6-7-11-16-25(29)27(17-19-31-2)22-26(30)28(21-24-15-12-18-32-24)20-23-13-9-8-10-14-23/h8-10,12-15,18H,3-7,11,16-17,19-22H2,1-2H3. The number of ether oxygens (including phenoxy) is 1. The highest BCUT2D eigenvalue weighted by Crippen LogP contribution is 2.13. The van der Waals surface area contributed by atoms with Gasteiger partial charge in [0.2, 0.25) is 11.8 Å². The minimum atomic E-state index is -0.0994. The maximum Gasteiger partial charge on any atom is 0.242 e. The molecule has 0 aliphatic rings. The quantitative estimate of drug-likeness (QED) is 0.342. The first kappa shape index (κ1) is 25.7. The molecule has 0 aliphatic heterocycles. The summed E-state index contributed by atoms with van der Waals surface area (Å²) in [6.07, 6.45) is 8.83. The Morgan fingerprint density at radius 2 is 1.62 bits per heavy atom. The Morgan fingerprint density at radius 3 is 2.31 bits per heavy atom. The maximum absolute atomic E-state index is 13.2. The lowest BCUT2D eigenvalue weighted by atomic mass is 10.1. The largest absolute Gasteiger partial charge is 0.467 e. The lowest BCUT2D eigenvalue weighted by Gasteiger charge is -2.27. The van der Waals surface area contributed by atoms with E-state index in [1.54, 1.807) is 23.2 Å². The molecule has 0 spiro atoms. The zero-order valence-electron chi connectivity index (χ0n) is 19.6. The smallest absolute Gasteiger partial charge is 0.242 e. The van der Waals surface area contributed by atoms with Crippen molar-refractivity contribution in [3.05, 3.63) is 60.1 Å². The van der Waals surface area contributed by atoms with Gasteiger partial charge in [-0.3, -0.25) is 9.59 Å². The van der Waals surface area contributed by atoms with Crippen LogP contribution < -0.4 is 0 Å². The molecule has 1 aromatic carbocycles. The molecule has 0 radical (unpaired) electrons. The highest BCUT2D eigenvalue weighted by molar-refractivity contribution is 5.84. The van der Waals surface area contributed by atoms with Gasteiger partial charge in [-0.25, -0.2) is 0 Å². The van der Waals surface area contributed by atoms with Crippen LogP contribution >= 0.6 is 0 Å². The zero-order chi connectivity index (χ0) is 23.0. The molecule has 6 heteroatoms. The molecule has 0 N–H and O–H groups in total. The lowest BCUT2D eigenvalue weighted by molar-refractivity contribution is -0.142. The van der Waals surface area contributed by atoms with Gasteiger partial charge in [0, 0.05) is 26.6 Å². The molecule has 0 fully saturated rings. The Hall–Kier alpha value is -2.60. The molecule has 6 nitrogen and oxygen atoms in total. The van der Waals surface area contributed by atoms with Crippen molar-refractivity contribution in [1.82, 2.24) is 9.80 Å². The lowest BCUT2D eigenvalue weighted by Crippen LogP contribution is -2.43. The van der Waals surface area contributed by atoms with Crippen LogP contribution in [0, 0.1) is 0 Å². The van der Waals surface area contributed by atoms with Crippen molar-refractivity contribution in [2.75, 3.05) is 26.8 Å². The summed E-state index contributed by atoms with van der Waals surface area (Å²) in [6.45, 7) is 3.89. The van der Waals surface area contributed by atoms with Gasteiger partial charge >= 0.3 is 0 Å². The number of carbonyl (C=O) groups excluding carboxylic acids is 2. The van der Waals surface area contributed by atoms with Crippen LogP contribution in [0.5, 0.6) is 0 Å². The number of rotatable bonds is 16. The third kappa shape index (κ3) is 9.69. The summed E-state index contributed by atoms with van der Waals surface area (Å²) in [6, 6.07) is 13.5. The minimum Gasteiger partial charge on any atom is -0.467 e. The number of amides is 2. The second-order valence-corrected chi connectivity index (χ2v) is 8.14. The fourth-order valence-electron chi connectivity index (χ4n) is 3.60. The van der Waals surface area contributed by atoms with Gasteiger partial charge in [-0.15, -0.1) is 0 Å². The molecule has 0 atom stereocenters. The van der Waals surface area contributed by atoms with Crippen molar-refractivity contribution < 1.29 is 18.7 Å². The van der Waals surface area contributed by atoms with Crippen molar-refractivity contribution >= 4 is 11.8 Å². The van der Waals surface area contributed by atoms with E-state index < -0.39 is 0 Å². The van der Waals surface area contributed by atoms with E-state index >= 15 is 0 Å². The van der Waals surface area contributed by atoms with Gasteiger partial charge in [-0.2, -0.15) is 0 Å². The Kier molecular flexibility index (Phi) is 12.2. The number of benzene rings is 1. The van der Waals surface area contributed by atoms with E-state index in [4.69, 9.17) is 9.15 Å². The van der Waals surface area contributed by atoms with Gasteiger partial charge < -0.3 is 19.0 Å². The highest BCUT2D eigenvalue weighted by Gasteiger charge is 2.22. The molecule has 0 aliphatic carbocycles. The number of carbonyl (C=O) groups is 2. The fraction of sp³-hybridized carbons (Fsp3) is 0.538. The number of nitrogens with zero attached hydrogens (tertiary/aromatic N) is 2. The predicted molar refractivity (Wildman–Crippen MR) is 126 cm³/mol. The van der Waals surface area contributed by atoms with Crippen LogP contribution in [0.25, 0.3) is 0 Å². The number of methoxy groups -OCH3 is 1. The third-order valence-corrected chi connectivity index (χ3v) is 5.48. The molecule has 0 saturated carbocycles. The monoisotopic (exact) mass is 442 g/mol. The van der Waals surface area contributed by atoms with E-state index in [1.807, 2.05) is 42.5 Å². The van der Waals surface area contributed by atoms with Gasteiger partial charge in [0.25, 0.3) is 0 Å². The molecular weight excluding hydrogens is 404 g/mol. The first-order valence-corrected chi connectivity index (χ1v) is 11.7. The van der Waals surface area contributed by atoms with E-state index in [0.717, 1.165) is 30.6 Å². The number of furan rings is 1. The van der Waals surface area contributed by atoms with Gasteiger partial charge in [-0.1, -0.05) is 69.4 Å². The fourth-order valence-corrected chi connectivity index (χ4v) is 3.60. The molecular formula is C26H38N2O4. The Labute approximate surface area is 192 Å². The molecule has 0 unspecified atom stereocenters. The Bertz CT molecular complexity index is 761. The van der Waals surface area contributed by atoms with Crippen LogP contribution in [-0.2, 0) is 27.4 Å². The second kappa shape index (κ2) is 15.2. The maximum atomic E-state index is 13.2. The van der Waals surface area contributed by atoms with Crippen molar-refractivity contribution in [2.24, 2.45) is 0 Å². The summed E-state index contributed by atoms with van der Waals surface area (Å²) in [5, 5.41) is 0. The Balaban J connectivity index is 1.98. The molecule has 1 aromatic heterocycles. The summed E-state index contributed by atoms with van der Waals surface area (Å²) < 4.78 is 10.6. The van der Waals surface area contributed by atoms with E-state index in [2.05, 4.69) is 6.92 Å². The average molecular weight is 443 g/mol. The van der Waals surface area contributed by atoms with Gasteiger partial charge in [0.15, 0.2) is 0 Å².